The van der Waals surface area contributed by atoms with Crippen LogP contribution in [0.2, 0.25) is 0 Å². The molecule has 2 aromatic rings. The van der Waals surface area contributed by atoms with Crippen LogP contribution in [0.1, 0.15) is 11.1 Å². The van der Waals surface area contributed by atoms with Gasteiger partial charge in [-0.05, 0) is 24.1 Å². The zero-order valence-electron chi connectivity index (χ0n) is 11.3. The number of benzene rings is 1. The van der Waals surface area contributed by atoms with Gasteiger partial charge in [0, 0.05) is 31.1 Å². The molecule has 5 heteroatoms. The zero-order chi connectivity index (χ0) is 13.9. The molecule has 0 bridgehead atoms. The highest BCUT2D eigenvalue weighted by Crippen LogP contribution is 2.37. The fourth-order valence-corrected chi connectivity index (χ4v) is 2.15. The van der Waals surface area contributed by atoms with Crippen molar-refractivity contribution in [1.82, 2.24) is 4.98 Å². The predicted molar refractivity (Wildman–Crippen MR) is 78.1 cm³/mol. The topological polar surface area (TPSA) is 69.4 Å². The number of aryl methyl sites for hydroxylation is 1. The molecule has 104 valence electrons. The number of pyridine rings is 1. The Morgan fingerprint density at radius 2 is 2.00 bits per heavy atom. The maximum absolute atomic E-state index is 6.04. The second kappa shape index (κ2) is 5.28. The lowest BCUT2D eigenvalue weighted by Crippen LogP contribution is -2.16. The van der Waals surface area contributed by atoms with E-state index in [-0.39, 0.29) is 0 Å². The van der Waals surface area contributed by atoms with Crippen molar-refractivity contribution in [1.29, 1.82) is 0 Å². The average molecular weight is 271 g/mol. The van der Waals surface area contributed by atoms with Gasteiger partial charge in [0.25, 0.3) is 0 Å². The first-order valence-corrected chi connectivity index (χ1v) is 6.56. The molecule has 1 aromatic carbocycles. The minimum absolute atomic E-state index is 0.565. The highest BCUT2D eigenvalue weighted by Gasteiger charge is 2.14. The number of rotatable bonds is 3. The van der Waals surface area contributed by atoms with Crippen LogP contribution in [0.5, 0.6) is 11.5 Å². The van der Waals surface area contributed by atoms with E-state index in [4.69, 9.17) is 15.2 Å². The summed E-state index contributed by atoms with van der Waals surface area (Å²) in [5.74, 6) is 1.44. The number of anilines is 2. The van der Waals surface area contributed by atoms with E-state index in [1.807, 2.05) is 25.3 Å². The Hall–Kier alpha value is -2.43. The number of nitrogens with zero attached hydrogens (tertiary/aromatic N) is 1. The Morgan fingerprint density at radius 3 is 2.75 bits per heavy atom. The van der Waals surface area contributed by atoms with E-state index in [2.05, 4.69) is 10.3 Å². The van der Waals surface area contributed by atoms with Crippen LogP contribution < -0.4 is 20.5 Å². The van der Waals surface area contributed by atoms with Crippen molar-refractivity contribution in [3.8, 4) is 11.5 Å². The third-order valence-corrected chi connectivity index (χ3v) is 3.32. The van der Waals surface area contributed by atoms with E-state index in [9.17, 15) is 0 Å². The number of ether oxygens (including phenoxy) is 2. The lowest BCUT2D eigenvalue weighted by molar-refractivity contribution is 0.172. The number of hydrogen-bond donors (Lipinski definition) is 2. The number of nitrogen functional groups attached to an aromatic ring is 1. The average Bonchev–Trinajstić information content (AvgIpc) is 2.46. The van der Waals surface area contributed by atoms with Crippen molar-refractivity contribution in [3.63, 3.8) is 0 Å². The molecule has 2 heterocycles. The van der Waals surface area contributed by atoms with Crippen molar-refractivity contribution in [2.75, 3.05) is 24.3 Å². The number of fused-ring (bicyclic) bond motifs is 1. The minimum Gasteiger partial charge on any atom is -0.486 e. The fraction of sp³-hybridized carbons (Fsp3) is 0.267. The van der Waals surface area contributed by atoms with Gasteiger partial charge in [-0.1, -0.05) is 0 Å². The molecule has 0 atom stereocenters. The van der Waals surface area contributed by atoms with E-state index < -0.39 is 0 Å². The van der Waals surface area contributed by atoms with E-state index in [1.54, 1.807) is 12.3 Å². The Kier molecular flexibility index (Phi) is 3.33. The standard InChI is InChI=1S/C15H17N3O2/c1-10-8-17-3-2-11(10)9-18-13-7-15-14(6-12(13)16)19-4-5-20-15/h2-3,6-8,18H,4-5,9,16H2,1H3. The second-order valence-electron chi connectivity index (χ2n) is 4.74. The van der Waals surface area contributed by atoms with E-state index in [0.717, 1.165) is 17.0 Å². The molecular formula is C15H17N3O2. The van der Waals surface area contributed by atoms with Crippen LogP contribution in [0.4, 0.5) is 11.4 Å². The maximum atomic E-state index is 6.04. The third kappa shape index (κ3) is 2.47. The van der Waals surface area contributed by atoms with Crippen molar-refractivity contribution < 1.29 is 9.47 Å². The molecule has 1 aromatic heterocycles. The van der Waals surface area contributed by atoms with Gasteiger partial charge in [-0.25, -0.2) is 0 Å². The maximum Gasteiger partial charge on any atom is 0.163 e. The van der Waals surface area contributed by atoms with Gasteiger partial charge in [0.15, 0.2) is 11.5 Å². The quantitative estimate of drug-likeness (QED) is 0.839. The summed E-state index contributed by atoms with van der Waals surface area (Å²) in [6.07, 6.45) is 3.64. The smallest absolute Gasteiger partial charge is 0.163 e. The Labute approximate surface area is 117 Å². The van der Waals surface area contributed by atoms with Crippen LogP contribution in [0.3, 0.4) is 0 Å². The second-order valence-corrected chi connectivity index (χ2v) is 4.74. The number of nitrogens with one attached hydrogen (secondary N) is 1. The lowest BCUT2D eigenvalue weighted by Gasteiger charge is -2.20. The van der Waals surface area contributed by atoms with Crippen molar-refractivity contribution in [2.24, 2.45) is 0 Å². The van der Waals surface area contributed by atoms with Gasteiger partial charge in [-0.3, -0.25) is 4.98 Å². The molecule has 3 rings (SSSR count). The molecule has 0 unspecified atom stereocenters. The summed E-state index contributed by atoms with van der Waals surface area (Å²) in [7, 11) is 0. The highest BCUT2D eigenvalue weighted by molar-refractivity contribution is 5.72. The van der Waals surface area contributed by atoms with Gasteiger partial charge in [0.2, 0.25) is 0 Å². The van der Waals surface area contributed by atoms with Crippen LogP contribution in [-0.4, -0.2) is 18.2 Å². The number of aromatic nitrogens is 1. The third-order valence-electron chi connectivity index (χ3n) is 3.32. The van der Waals surface area contributed by atoms with E-state index in [1.165, 1.54) is 5.56 Å². The Morgan fingerprint density at radius 1 is 1.25 bits per heavy atom. The van der Waals surface area contributed by atoms with Crippen LogP contribution in [-0.2, 0) is 6.54 Å². The SMILES string of the molecule is Cc1cnccc1CNc1cc2c(cc1N)OCCO2. The summed E-state index contributed by atoms with van der Waals surface area (Å²) in [6, 6.07) is 5.69. The van der Waals surface area contributed by atoms with Crippen LogP contribution in [0, 0.1) is 6.92 Å². The largest absolute Gasteiger partial charge is 0.486 e. The summed E-state index contributed by atoms with van der Waals surface area (Å²) in [5, 5.41) is 3.33. The summed E-state index contributed by atoms with van der Waals surface area (Å²) < 4.78 is 11.1. The molecule has 0 amide bonds. The Balaban J connectivity index is 1.79. The van der Waals surface area contributed by atoms with Crippen LogP contribution in [0.15, 0.2) is 30.6 Å². The normalized spacial score (nSPS) is 13.1. The molecule has 1 aliphatic rings. The summed E-state index contributed by atoms with van der Waals surface area (Å²) in [6.45, 7) is 3.87. The van der Waals surface area contributed by atoms with E-state index in [0.29, 0.717) is 31.2 Å². The van der Waals surface area contributed by atoms with E-state index >= 15 is 0 Å². The van der Waals surface area contributed by atoms with Gasteiger partial charge in [0.05, 0.1) is 11.4 Å². The van der Waals surface area contributed by atoms with Crippen LogP contribution >= 0.6 is 0 Å². The lowest BCUT2D eigenvalue weighted by atomic mass is 10.1. The van der Waals surface area contributed by atoms with Gasteiger partial charge in [-0.2, -0.15) is 0 Å². The summed E-state index contributed by atoms with van der Waals surface area (Å²) in [5.41, 5.74) is 9.88. The summed E-state index contributed by atoms with van der Waals surface area (Å²) in [4.78, 5) is 4.09. The molecule has 0 saturated carbocycles. The first kappa shape index (κ1) is 12.6. The molecule has 3 N–H and O–H groups in total. The van der Waals surface area contributed by atoms with Gasteiger partial charge in [0.1, 0.15) is 13.2 Å². The molecule has 1 aliphatic heterocycles. The summed E-state index contributed by atoms with van der Waals surface area (Å²) >= 11 is 0. The molecule has 0 aliphatic carbocycles. The fourth-order valence-electron chi connectivity index (χ4n) is 2.15. The predicted octanol–water partition coefficient (Wildman–Crippen LogP) is 2.36. The van der Waals surface area contributed by atoms with Crippen molar-refractivity contribution >= 4 is 11.4 Å². The van der Waals surface area contributed by atoms with Crippen molar-refractivity contribution in [2.45, 2.75) is 13.5 Å². The molecule has 0 saturated heterocycles. The monoisotopic (exact) mass is 271 g/mol. The van der Waals surface area contributed by atoms with Gasteiger partial charge >= 0.3 is 0 Å². The number of nitrogens with two attached hydrogens (primary N) is 1. The van der Waals surface area contributed by atoms with Crippen LogP contribution in [0.25, 0.3) is 0 Å². The first-order valence-electron chi connectivity index (χ1n) is 6.56. The Bertz CT molecular complexity index is 629. The molecule has 0 radical (unpaired) electrons. The minimum atomic E-state index is 0.565. The highest BCUT2D eigenvalue weighted by atomic mass is 16.6. The molecule has 0 spiro atoms. The van der Waals surface area contributed by atoms with Crippen molar-refractivity contribution in [3.05, 3.63) is 41.7 Å². The molecule has 20 heavy (non-hydrogen) atoms. The van der Waals surface area contributed by atoms with Gasteiger partial charge < -0.3 is 20.5 Å². The zero-order valence-corrected chi connectivity index (χ0v) is 11.3. The van der Waals surface area contributed by atoms with Gasteiger partial charge in [-0.15, -0.1) is 0 Å². The molecule has 0 fully saturated rings. The number of hydrogen-bond acceptors (Lipinski definition) is 5. The first-order chi connectivity index (χ1) is 9.74. The molecule has 5 nitrogen and oxygen atoms in total. The molecular weight excluding hydrogens is 254 g/mol.